The van der Waals surface area contributed by atoms with E-state index >= 15 is 0 Å². The van der Waals surface area contributed by atoms with Crippen molar-refractivity contribution in [3.8, 4) is 27.9 Å². The van der Waals surface area contributed by atoms with E-state index in [0.29, 0.717) is 0 Å². The van der Waals surface area contributed by atoms with Crippen LogP contribution < -0.4 is 9.80 Å². The lowest BCUT2D eigenvalue weighted by atomic mass is 9.62. The van der Waals surface area contributed by atoms with Gasteiger partial charge in [0.15, 0.2) is 0 Å². The Kier molecular flexibility index (Phi) is 10.1. The van der Waals surface area contributed by atoms with E-state index in [1.807, 2.05) is 0 Å². The molecule has 0 unspecified atom stereocenters. The van der Waals surface area contributed by atoms with Gasteiger partial charge in [0.2, 0.25) is 0 Å². The lowest BCUT2D eigenvalue weighted by Crippen LogP contribution is -2.37. The average Bonchev–Trinajstić information content (AvgIpc) is 3.77. The van der Waals surface area contributed by atoms with Crippen LogP contribution in [-0.4, -0.2) is 4.57 Å². The summed E-state index contributed by atoms with van der Waals surface area (Å²) in [4.78, 5) is 4.87. The standard InChI is InChI=1S/C67H47N3/c1-6-21-48(22-7-1)49-37-40-56(41-38-49)68(58-42-44-64-60(47-58)59-33-16-18-35-63(59)69(64)54-28-12-4-13-29-54)57-32-20-23-50(45-57)51-39-43-62-66(46-51)70(55-30-14-5-15-31-55)65-36-19-17-34-61(65)67(62,52-24-8-2-9-25-52)53-26-10-3-11-27-53/h1-47H. The van der Waals surface area contributed by atoms with E-state index in [1.54, 1.807) is 0 Å². The molecule has 0 atom stereocenters. The summed E-state index contributed by atoms with van der Waals surface area (Å²) in [7, 11) is 0. The van der Waals surface area contributed by atoms with Gasteiger partial charge in [-0.15, -0.1) is 0 Å². The summed E-state index contributed by atoms with van der Waals surface area (Å²) in [5.74, 6) is 0. The van der Waals surface area contributed by atoms with Gasteiger partial charge >= 0.3 is 0 Å². The van der Waals surface area contributed by atoms with Crippen LogP contribution in [0.25, 0.3) is 49.7 Å². The van der Waals surface area contributed by atoms with E-state index in [9.17, 15) is 0 Å². The summed E-state index contributed by atoms with van der Waals surface area (Å²) in [6.07, 6.45) is 0. The van der Waals surface area contributed by atoms with Crippen LogP contribution in [0.3, 0.4) is 0 Å². The molecule has 0 radical (unpaired) electrons. The average molecular weight is 894 g/mol. The van der Waals surface area contributed by atoms with E-state index in [2.05, 4.69) is 299 Å². The highest BCUT2D eigenvalue weighted by Gasteiger charge is 2.46. The molecule has 0 N–H and O–H groups in total. The van der Waals surface area contributed by atoms with Crippen LogP contribution >= 0.6 is 0 Å². The second-order valence-corrected chi connectivity index (χ2v) is 18.1. The van der Waals surface area contributed by atoms with E-state index in [-0.39, 0.29) is 0 Å². The van der Waals surface area contributed by atoms with E-state index in [1.165, 1.54) is 55.2 Å². The van der Waals surface area contributed by atoms with Gasteiger partial charge < -0.3 is 14.4 Å². The van der Waals surface area contributed by atoms with Gasteiger partial charge in [0, 0.05) is 39.2 Å². The Morgan fingerprint density at radius 3 is 1.50 bits per heavy atom. The fourth-order valence-corrected chi connectivity index (χ4v) is 11.2. The molecular weight excluding hydrogens is 847 g/mol. The SMILES string of the molecule is c1ccc(-c2ccc(N(c3cccc(-c4ccc5c(c4)N(c4ccccc4)c4ccccc4C5(c4ccccc4)c4ccccc4)c3)c3ccc4c(c3)c3ccccc3n4-c3ccccc3)cc2)cc1. The molecule has 1 aliphatic heterocycles. The van der Waals surface area contributed by atoms with Gasteiger partial charge in [-0.2, -0.15) is 0 Å². The van der Waals surface area contributed by atoms with Gasteiger partial charge in [-0.05, 0) is 129 Å². The minimum absolute atomic E-state index is 0.578. The highest BCUT2D eigenvalue weighted by Crippen LogP contribution is 2.58. The van der Waals surface area contributed by atoms with Gasteiger partial charge in [0.05, 0.1) is 27.8 Å². The molecule has 330 valence electrons. The van der Waals surface area contributed by atoms with Crippen LogP contribution in [0, 0.1) is 0 Å². The van der Waals surface area contributed by atoms with Crippen molar-refractivity contribution in [3.63, 3.8) is 0 Å². The predicted octanol–water partition coefficient (Wildman–Crippen LogP) is 17.8. The zero-order chi connectivity index (χ0) is 46.4. The van der Waals surface area contributed by atoms with Gasteiger partial charge in [0.25, 0.3) is 0 Å². The zero-order valence-corrected chi connectivity index (χ0v) is 38.5. The first-order valence-corrected chi connectivity index (χ1v) is 24.1. The van der Waals surface area contributed by atoms with Crippen molar-refractivity contribution in [2.45, 2.75) is 5.41 Å². The van der Waals surface area contributed by atoms with Gasteiger partial charge in [-0.1, -0.05) is 200 Å². The van der Waals surface area contributed by atoms with Gasteiger partial charge in [-0.25, -0.2) is 0 Å². The number of anilines is 6. The molecule has 0 amide bonds. The van der Waals surface area contributed by atoms with Crippen LogP contribution in [0.2, 0.25) is 0 Å². The largest absolute Gasteiger partial charge is 0.310 e. The second kappa shape index (κ2) is 17.2. The predicted molar refractivity (Wildman–Crippen MR) is 293 cm³/mol. The Balaban J connectivity index is 1.01. The molecular formula is C67H47N3. The Morgan fingerprint density at radius 2 is 0.786 bits per heavy atom. The molecule has 0 saturated carbocycles. The van der Waals surface area contributed by atoms with Crippen LogP contribution in [0.4, 0.5) is 34.1 Å². The molecule has 0 fully saturated rings. The first-order valence-electron chi connectivity index (χ1n) is 24.1. The van der Waals surface area contributed by atoms with E-state index < -0.39 is 5.41 Å². The van der Waals surface area contributed by atoms with Crippen molar-refractivity contribution in [2.75, 3.05) is 9.80 Å². The maximum Gasteiger partial charge on any atom is 0.0742 e. The molecule has 0 bridgehead atoms. The van der Waals surface area contributed by atoms with Crippen molar-refractivity contribution in [1.29, 1.82) is 0 Å². The Bertz CT molecular complexity index is 3770. The van der Waals surface area contributed by atoms with Crippen LogP contribution in [0.5, 0.6) is 0 Å². The molecule has 13 rings (SSSR count). The van der Waals surface area contributed by atoms with Crippen molar-refractivity contribution in [3.05, 3.63) is 307 Å². The van der Waals surface area contributed by atoms with Crippen molar-refractivity contribution in [2.24, 2.45) is 0 Å². The topological polar surface area (TPSA) is 11.4 Å². The normalized spacial score (nSPS) is 12.7. The van der Waals surface area contributed by atoms with E-state index in [4.69, 9.17) is 0 Å². The van der Waals surface area contributed by atoms with Crippen molar-refractivity contribution < 1.29 is 0 Å². The molecule has 0 saturated heterocycles. The summed E-state index contributed by atoms with van der Waals surface area (Å²) >= 11 is 0. The smallest absolute Gasteiger partial charge is 0.0742 e. The quantitative estimate of drug-likeness (QED) is 0.143. The number of para-hydroxylation sites is 4. The summed E-state index contributed by atoms with van der Waals surface area (Å²) < 4.78 is 2.38. The number of aromatic nitrogens is 1. The summed E-state index contributed by atoms with van der Waals surface area (Å²) in [5.41, 5.74) is 19.2. The molecule has 2 heterocycles. The third kappa shape index (κ3) is 6.74. The first-order chi connectivity index (χ1) is 34.7. The molecule has 1 aromatic heterocycles. The minimum atomic E-state index is -0.578. The highest BCUT2D eigenvalue weighted by atomic mass is 15.2. The Morgan fingerprint density at radius 1 is 0.286 bits per heavy atom. The molecule has 70 heavy (non-hydrogen) atoms. The molecule has 3 nitrogen and oxygen atoms in total. The summed E-state index contributed by atoms with van der Waals surface area (Å²) in [6, 6.07) is 104. The van der Waals surface area contributed by atoms with Crippen molar-refractivity contribution in [1.82, 2.24) is 4.57 Å². The van der Waals surface area contributed by atoms with E-state index in [0.717, 1.165) is 50.9 Å². The third-order valence-corrected chi connectivity index (χ3v) is 14.2. The van der Waals surface area contributed by atoms with Crippen LogP contribution in [-0.2, 0) is 5.41 Å². The number of hydrogen-bond donors (Lipinski definition) is 0. The number of benzene rings is 11. The Hall–Kier alpha value is -9.18. The summed E-state index contributed by atoms with van der Waals surface area (Å²) in [6.45, 7) is 0. The number of hydrogen-bond acceptors (Lipinski definition) is 2. The minimum Gasteiger partial charge on any atom is -0.310 e. The number of rotatable bonds is 9. The molecule has 1 aliphatic rings. The molecule has 11 aromatic carbocycles. The molecule has 3 heteroatoms. The Labute approximate surface area is 409 Å². The van der Waals surface area contributed by atoms with Gasteiger partial charge in [-0.3, -0.25) is 0 Å². The van der Waals surface area contributed by atoms with Crippen LogP contribution in [0.15, 0.2) is 285 Å². The highest BCUT2D eigenvalue weighted by molar-refractivity contribution is 6.10. The van der Waals surface area contributed by atoms with Gasteiger partial charge in [0.1, 0.15) is 0 Å². The van der Waals surface area contributed by atoms with Crippen molar-refractivity contribution >= 4 is 55.9 Å². The van der Waals surface area contributed by atoms with Crippen LogP contribution in [0.1, 0.15) is 22.3 Å². The lowest BCUT2D eigenvalue weighted by Gasteiger charge is -2.46. The molecule has 12 aromatic rings. The first kappa shape index (κ1) is 41.0. The second-order valence-electron chi connectivity index (χ2n) is 18.1. The third-order valence-electron chi connectivity index (χ3n) is 14.2. The fraction of sp³-hybridized carbons (Fsp3) is 0.0149. The number of nitrogens with zero attached hydrogens (tertiary/aromatic N) is 3. The lowest BCUT2D eigenvalue weighted by molar-refractivity contribution is 0.731. The zero-order valence-electron chi connectivity index (χ0n) is 38.5. The molecule has 0 aliphatic carbocycles. The monoisotopic (exact) mass is 893 g/mol. The fourth-order valence-electron chi connectivity index (χ4n) is 11.2. The molecule has 0 spiro atoms. The maximum absolute atomic E-state index is 2.46. The number of fused-ring (bicyclic) bond motifs is 5. The maximum atomic E-state index is 2.46. The summed E-state index contributed by atoms with van der Waals surface area (Å²) in [5, 5.41) is 2.42.